The van der Waals surface area contributed by atoms with E-state index in [4.69, 9.17) is 26.9 Å². The molecular weight excluding hydrogens is 1060 g/mol. The Kier molecular flexibility index (Phi) is 24.8. The molecule has 9 rings (SSSR count). The van der Waals surface area contributed by atoms with Gasteiger partial charge < -0.3 is 31.3 Å². The molecule has 9 nitrogen and oxygen atoms in total. The molecule has 12 atom stereocenters. The molecule has 6 aliphatic rings. The lowest BCUT2D eigenvalue weighted by Crippen LogP contribution is -2.32. The Hall–Kier alpha value is -4.75. The molecule has 0 saturated heterocycles. The molecule has 0 heterocycles. The molecular formula is C69H95ClF3N3O6. The van der Waals surface area contributed by atoms with Crippen molar-refractivity contribution in [3.05, 3.63) is 140 Å². The minimum Gasteiger partial charge on any atom is -0.481 e. The molecule has 6 aliphatic carbocycles. The van der Waals surface area contributed by atoms with Crippen molar-refractivity contribution < 1.29 is 42.9 Å². The van der Waals surface area contributed by atoms with Crippen LogP contribution in [0.4, 0.5) is 13.2 Å². The van der Waals surface area contributed by atoms with Gasteiger partial charge in [-0.2, -0.15) is 13.2 Å². The molecule has 6 fully saturated rings. The first kappa shape index (κ1) is 64.8. The number of hydrogen-bond acceptors (Lipinski definition) is 6. The first-order chi connectivity index (χ1) is 39.2. The Labute approximate surface area is 492 Å². The number of unbranched alkanes of at least 4 members (excludes halogenated alkanes) is 3. The maximum Gasteiger partial charge on any atom is 0.416 e. The third kappa shape index (κ3) is 18.9. The van der Waals surface area contributed by atoms with E-state index < -0.39 is 29.6 Å². The zero-order valence-electron chi connectivity index (χ0n) is 49.6. The summed E-state index contributed by atoms with van der Waals surface area (Å²) in [6.07, 6.45) is 26.5. The van der Waals surface area contributed by atoms with Gasteiger partial charge in [0.2, 0.25) is 0 Å². The van der Waals surface area contributed by atoms with Crippen LogP contribution in [0.1, 0.15) is 166 Å². The molecule has 3 aromatic carbocycles. The summed E-state index contributed by atoms with van der Waals surface area (Å²) in [5, 5.41) is 37.8. The van der Waals surface area contributed by atoms with Crippen molar-refractivity contribution in [2.45, 2.75) is 176 Å². The number of alkyl halides is 3. The largest absolute Gasteiger partial charge is 0.481 e. The van der Waals surface area contributed by atoms with E-state index in [2.05, 4.69) is 104 Å². The van der Waals surface area contributed by atoms with Crippen molar-refractivity contribution in [3.8, 4) is 0 Å². The number of aryl methyl sites for hydroxylation is 5. The van der Waals surface area contributed by atoms with Crippen molar-refractivity contribution in [1.82, 2.24) is 16.0 Å². The number of carboxylic acid groups (broad SMARTS) is 3. The first-order valence-electron chi connectivity index (χ1n) is 31.0. The molecule has 450 valence electrons. The van der Waals surface area contributed by atoms with Gasteiger partial charge in [0.25, 0.3) is 0 Å². The zero-order chi connectivity index (χ0) is 58.9. The molecule has 0 radical (unpaired) electrons. The van der Waals surface area contributed by atoms with Crippen LogP contribution in [0.2, 0.25) is 5.02 Å². The molecule has 13 heteroatoms. The van der Waals surface area contributed by atoms with E-state index in [-0.39, 0.29) is 25.8 Å². The zero-order valence-corrected chi connectivity index (χ0v) is 50.3. The van der Waals surface area contributed by atoms with Crippen LogP contribution in [-0.4, -0.2) is 52.9 Å². The van der Waals surface area contributed by atoms with Gasteiger partial charge in [0.1, 0.15) is 0 Å². The fourth-order valence-corrected chi connectivity index (χ4v) is 15.9. The van der Waals surface area contributed by atoms with E-state index in [1.54, 1.807) is 19.1 Å². The first-order valence-corrected chi connectivity index (χ1v) is 31.4. The van der Waals surface area contributed by atoms with Crippen molar-refractivity contribution >= 4 is 29.5 Å². The van der Waals surface area contributed by atoms with Crippen LogP contribution in [0.25, 0.3) is 0 Å². The molecule has 6 saturated carbocycles. The smallest absolute Gasteiger partial charge is 0.416 e. The normalized spacial score (nSPS) is 26.9. The number of allylic oxidation sites excluding steroid dienone is 6. The molecule has 82 heavy (non-hydrogen) atoms. The SMILES string of the molecule is Cc1cc(C)c(CNC[C@H]2[C@H]3CC[C@H](C3)[C@@H]2/C=C\CCCC(=O)O)c(C)c1.Cc1ccc(CNC[C@H]2[C@H]3CC[C@H](C3)[C@@H]2/C=C\CCCC(=O)O)c(C(F)(F)F)c1.Cc1ccc(CNC[C@H]2[C@H]3CC[C@H](C3)[C@@H]2/C=C\CCCC(=O)O)c(Cl)c1. The highest BCUT2D eigenvalue weighted by atomic mass is 35.5. The Morgan fingerprint density at radius 3 is 1.27 bits per heavy atom. The van der Waals surface area contributed by atoms with Crippen molar-refractivity contribution in [2.24, 2.45) is 71.0 Å². The highest BCUT2D eigenvalue weighted by molar-refractivity contribution is 6.31. The van der Waals surface area contributed by atoms with Gasteiger partial charge in [-0.15, -0.1) is 0 Å². The fraction of sp³-hybridized carbons (Fsp3) is 0.609. The number of carboxylic acids is 3. The monoisotopic (exact) mass is 1150 g/mol. The molecule has 0 spiro atoms. The van der Waals surface area contributed by atoms with E-state index in [1.165, 1.54) is 97.2 Å². The number of aliphatic carboxylic acids is 3. The Bertz CT molecular complexity index is 2650. The molecule has 0 aromatic heterocycles. The van der Waals surface area contributed by atoms with Crippen LogP contribution in [0, 0.1) is 106 Å². The number of fused-ring (bicyclic) bond motifs is 6. The third-order valence-electron chi connectivity index (χ3n) is 19.5. The van der Waals surface area contributed by atoms with Gasteiger partial charge in [0.05, 0.1) is 5.56 Å². The minimum absolute atomic E-state index is 0.185. The average Bonchev–Trinajstić information content (AvgIpc) is 4.46. The molecule has 0 unspecified atom stereocenters. The highest BCUT2D eigenvalue weighted by Gasteiger charge is 2.48. The van der Waals surface area contributed by atoms with E-state index in [0.717, 1.165) is 99.4 Å². The van der Waals surface area contributed by atoms with Crippen molar-refractivity contribution in [2.75, 3.05) is 19.6 Å². The molecule has 3 aromatic rings. The van der Waals surface area contributed by atoms with Crippen LogP contribution >= 0.6 is 11.6 Å². The van der Waals surface area contributed by atoms with Gasteiger partial charge in [-0.1, -0.05) is 95.6 Å². The number of rotatable bonds is 27. The van der Waals surface area contributed by atoms with Crippen LogP contribution in [0.3, 0.4) is 0 Å². The summed E-state index contributed by atoms with van der Waals surface area (Å²) in [5.74, 6) is 6.21. The van der Waals surface area contributed by atoms with Gasteiger partial charge in [0, 0.05) is 43.9 Å². The van der Waals surface area contributed by atoms with Gasteiger partial charge in [0.15, 0.2) is 0 Å². The van der Waals surface area contributed by atoms with E-state index >= 15 is 0 Å². The van der Waals surface area contributed by atoms with Gasteiger partial charge in [-0.25, -0.2) is 0 Å². The summed E-state index contributed by atoms with van der Waals surface area (Å²) < 4.78 is 40.0. The van der Waals surface area contributed by atoms with Gasteiger partial charge in [-0.05, 0) is 267 Å². The molecule has 6 N–H and O–H groups in total. The lowest BCUT2D eigenvalue weighted by molar-refractivity contribution is -0.139. The molecule has 0 aliphatic heterocycles. The predicted octanol–water partition coefficient (Wildman–Crippen LogP) is 16.0. The maximum atomic E-state index is 13.3. The number of hydrogen-bond donors (Lipinski definition) is 6. The van der Waals surface area contributed by atoms with Gasteiger partial charge in [-0.3, -0.25) is 14.4 Å². The summed E-state index contributed by atoms with van der Waals surface area (Å²) in [6, 6.07) is 15.3. The second-order valence-electron chi connectivity index (χ2n) is 25.4. The lowest BCUT2D eigenvalue weighted by Gasteiger charge is -2.29. The van der Waals surface area contributed by atoms with Crippen molar-refractivity contribution in [1.29, 1.82) is 0 Å². The van der Waals surface area contributed by atoms with Crippen LogP contribution in [-0.2, 0) is 40.2 Å². The summed E-state index contributed by atoms with van der Waals surface area (Å²) in [4.78, 5) is 31.9. The third-order valence-corrected chi connectivity index (χ3v) is 19.9. The Morgan fingerprint density at radius 1 is 0.512 bits per heavy atom. The summed E-state index contributed by atoms with van der Waals surface area (Å²) in [6.45, 7) is 15.2. The van der Waals surface area contributed by atoms with Crippen LogP contribution < -0.4 is 16.0 Å². The van der Waals surface area contributed by atoms with E-state index in [9.17, 15) is 27.6 Å². The quantitative estimate of drug-likeness (QED) is 0.0324. The fourth-order valence-electron chi connectivity index (χ4n) is 15.6. The standard InChI is InChI=1S/C24H35NO2.C23H30F3NO2.C22H30ClNO2/c1-16-11-17(2)22(18(3)12-16)14-25-15-23-20-10-9-19(13-20)21(23)7-5-4-6-8-24(26)27;1-15-7-8-18(21(11-15)23(24,25)26)13-27-14-20-17-10-9-16(12-17)19(20)5-3-2-4-6-22(28)29;1-15-7-8-18(21(23)11-15)13-24-14-20-17-10-9-16(12-17)19(20)5-3-2-4-6-22(25)26/h5,7,11-12,19-21,23,25H,4,6,8-10,13-15H2,1-3H3,(H,26,27);3,5,7-8,11,16-17,19-20,27H,2,4,6,9-10,12-14H2,1H3,(H,28,29);3,5,7-8,11,16-17,19-20,24H,2,4,6,9-10,12-14H2,1H3,(H,25,26)/b7-5-;2*5-3-/t19-,20+,21+,23+;2*16-,17+,19+,20+/m111/s1. The topological polar surface area (TPSA) is 148 Å². The number of benzene rings is 3. The van der Waals surface area contributed by atoms with E-state index in [1.807, 2.05) is 6.07 Å². The van der Waals surface area contributed by atoms with Gasteiger partial charge >= 0.3 is 24.1 Å². The number of nitrogens with one attached hydrogen (secondary N) is 3. The van der Waals surface area contributed by atoms with Crippen LogP contribution in [0.5, 0.6) is 0 Å². The molecule has 6 bridgehead atoms. The summed E-state index contributed by atoms with van der Waals surface area (Å²) in [5.41, 5.74) is 8.30. The lowest BCUT2D eigenvalue weighted by atomic mass is 9.79. The summed E-state index contributed by atoms with van der Waals surface area (Å²) in [7, 11) is 0. The van der Waals surface area contributed by atoms with Crippen molar-refractivity contribution in [3.63, 3.8) is 0 Å². The average molecular weight is 1150 g/mol. The second kappa shape index (κ2) is 31.4. The molecule has 0 amide bonds. The number of carbonyl (C=O) groups is 3. The minimum atomic E-state index is -4.34. The Morgan fingerprint density at radius 2 is 0.878 bits per heavy atom. The van der Waals surface area contributed by atoms with E-state index in [0.29, 0.717) is 59.0 Å². The second-order valence-corrected chi connectivity index (χ2v) is 25.8. The maximum absolute atomic E-state index is 13.3. The number of halogens is 4. The Balaban J connectivity index is 0.000000177. The highest BCUT2D eigenvalue weighted by Crippen LogP contribution is 2.55. The van der Waals surface area contributed by atoms with Crippen LogP contribution in [0.15, 0.2) is 85.0 Å². The predicted molar refractivity (Wildman–Crippen MR) is 323 cm³/mol. The summed E-state index contributed by atoms with van der Waals surface area (Å²) >= 11 is 6.34.